The Bertz CT molecular complexity index is 1340. The lowest BCUT2D eigenvalue weighted by molar-refractivity contribution is -0.137. The van der Waals surface area contributed by atoms with Gasteiger partial charge >= 0.3 is 6.18 Å². The van der Waals surface area contributed by atoms with E-state index in [0.29, 0.717) is 49.7 Å². The number of amides is 1. The van der Waals surface area contributed by atoms with Crippen LogP contribution in [0.3, 0.4) is 0 Å². The molecule has 198 valence electrons. The molecule has 10 heteroatoms. The van der Waals surface area contributed by atoms with E-state index in [4.69, 9.17) is 4.42 Å². The van der Waals surface area contributed by atoms with E-state index in [0.717, 1.165) is 17.4 Å². The van der Waals surface area contributed by atoms with Crippen molar-refractivity contribution < 1.29 is 22.4 Å². The largest absolute Gasteiger partial charge is 0.463 e. The smallest absolute Gasteiger partial charge is 0.416 e. The predicted molar refractivity (Wildman–Crippen MR) is 136 cm³/mol. The summed E-state index contributed by atoms with van der Waals surface area (Å²) in [5, 5.41) is 7.63. The van der Waals surface area contributed by atoms with Gasteiger partial charge < -0.3 is 9.73 Å². The fourth-order valence-electron chi connectivity index (χ4n) is 4.54. The highest BCUT2D eigenvalue weighted by Crippen LogP contribution is 2.30. The summed E-state index contributed by atoms with van der Waals surface area (Å²) in [6.45, 7) is 3.67. The summed E-state index contributed by atoms with van der Waals surface area (Å²) >= 11 is 0. The first-order valence-corrected chi connectivity index (χ1v) is 12.4. The molecule has 1 N–H and O–H groups in total. The summed E-state index contributed by atoms with van der Waals surface area (Å²) in [4.78, 5) is 16.8. The second-order valence-electron chi connectivity index (χ2n) is 9.27. The molecule has 7 nitrogen and oxygen atoms in total. The monoisotopic (exact) mass is 523 g/mol. The summed E-state index contributed by atoms with van der Waals surface area (Å²) in [7, 11) is 0. The fraction of sp³-hybridized carbons (Fsp3) is 0.286. The Kier molecular flexibility index (Phi) is 7.62. The summed E-state index contributed by atoms with van der Waals surface area (Å²) in [6, 6.07) is 20.7. The average Bonchev–Trinajstić information content (AvgIpc) is 3.59. The van der Waals surface area contributed by atoms with E-state index in [1.54, 1.807) is 17.0 Å². The van der Waals surface area contributed by atoms with E-state index in [-0.39, 0.29) is 19.0 Å². The molecule has 0 bridgehead atoms. The zero-order valence-corrected chi connectivity index (χ0v) is 20.7. The summed E-state index contributed by atoms with van der Waals surface area (Å²) in [6.07, 6.45) is -2.74. The Hall–Kier alpha value is -3.89. The van der Waals surface area contributed by atoms with Crippen molar-refractivity contribution in [3.63, 3.8) is 0 Å². The second-order valence-corrected chi connectivity index (χ2v) is 9.27. The van der Waals surface area contributed by atoms with Gasteiger partial charge in [-0.2, -0.15) is 18.3 Å². The molecule has 1 aliphatic rings. The van der Waals surface area contributed by atoms with Gasteiger partial charge in [-0.1, -0.05) is 36.4 Å². The number of benzene rings is 2. The summed E-state index contributed by atoms with van der Waals surface area (Å²) < 4.78 is 46.3. The van der Waals surface area contributed by atoms with Crippen molar-refractivity contribution in [3.8, 4) is 17.1 Å². The molecule has 2 aromatic carbocycles. The molecule has 0 spiro atoms. The van der Waals surface area contributed by atoms with Crippen LogP contribution in [-0.4, -0.2) is 58.2 Å². The lowest BCUT2D eigenvalue weighted by Crippen LogP contribution is -2.49. The number of carbonyl (C=O) groups is 1. The van der Waals surface area contributed by atoms with Gasteiger partial charge in [0, 0.05) is 32.7 Å². The quantitative estimate of drug-likeness (QED) is 0.366. The molecule has 1 amide bonds. The molecule has 0 saturated carbocycles. The summed E-state index contributed by atoms with van der Waals surface area (Å²) in [5.74, 6) is 0.576. The maximum atomic E-state index is 13.0. The third-order valence-electron chi connectivity index (χ3n) is 6.49. The Morgan fingerprint density at radius 2 is 1.68 bits per heavy atom. The van der Waals surface area contributed by atoms with Gasteiger partial charge in [-0.05, 0) is 42.0 Å². The van der Waals surface area contributed by atoms with Gasteiger partial charge in [-0.3, -0.25) is 14.6 Å². The molecule has 1 aliphatic heterocycles. The fourth-order valence-corrected chi connectivity index (χ4v) is 4.54. The molecule has 4 aromatic rings. The van der Waals surface area contributed by atoms with Crippen molar-refractivity contribution in [1.82, 2.24) is 24.9 Å². The number of hydrogen-bond donors (Lipinski definition) is 1. The van der Waals surface area contributed by atoms with Gasteiger partial charge in [0.1, 0.15) is 5.69 Å². The van der Waals surface area contributed by atoms with Crippen molar-refractivity contribution in [2.24, 2.45) is 0 Å². The first-order valence-electron chi connectivity index (χ1n) is 12.4. The van der Waals surface area contributed by atoms with Crippen LogP contribution >= 0.6 is 0 Å². The van der Waals surface area contributed by atoms with Crippen LogP contribution < -0.4 is 5.32 Å². The third-order valence-corrected chi connectivity index (χ3v) is 6.49. The normalized spacial score (nSPS) is 15.0. The standard InChI is InChI=1S/C28H28F3N5O2/c29-28(30,31)22-7-4-6-21(16-22)19-34-11-13-35(14-12-34)20-27(37)32-18-23-17-25(26-10-5-15-38-26)36(33-23)24-8-2-1-3-9-24/h1-10,15-17H,11-14,18-20H2,(H,32,37). The number of para-hydroxylation sites is 1. The molecule has 38 heavy (non-hydrogen) atoms. The van der Waals surface area contributed by atoms with Gasteiger partial charge in [0.15, 0.2) is 5.76 Å². The van der Waals surface area contributed by atoms with Crippen LogP contribution in [0.25, 0.3) is 17.1 Å². The molecule has 1 fully saturated rings. The predicted octanol–water partition coefficient (Wildman–Crippen LogP) is 4.59. The molecular weight excluding hydrogens is 495 g/mol. The molecule has 0 radical (unpaired) electrons. The van der Waals surface area contributed by atoms with Gasteiger partial charge in [0.2, 0.25) is 5.91 Å². The lowest BCUT2D eigenvalue weighted by atomic mass is 10.1. The van der Waals surface area contributed by atoms with Crippen LogP contribution in [0, 0.1) is 0 Å². The van der Waals surface area contributed by atoms with Crippen LogP contribution in [0.1, 0.15) is 16.8 Å². The van der Waals surface area contributed by atoms with Crippen molar-refractivity contribution in [1.29, 1.82) is 0 Å². The van der Waals surface area contributed by atoms with Crippen molar-refractivity contribution >= 4 is 5.91 Å². The minimum atomic E-state index is -4.35. The van der Waals surface area contributed by atoms with E-state index >= 15 is 0 Å². The molecule has 0 atom stereocenters. The first-order chi connectivity index (χ1) is 18.3. The van der Waals surface area contributed by atoms with Crippen molar-refractivity contribution in [3.05, 3.63) is 95.9 Å². The number of nitrogens with zero attached hydrogens (tertiary/aromatic N) is 4. The minimum Gasteiger partial charge on any atom is -0.463 e. The number of alkyl halides is 3. The molecule has 0 aliphatic carbocycles. The SMILES string of the molecule is O=C(CN1CCN(Cc2cccc(C(F)(F)F)c2)CC1)NCc1cc(-c2ccco2)n(-c2ccccc2)n1. The van der Waals surface area contributed by atoms with E-state index in [1.807, 2.05) is 48.5 Å². The average molecular weight is 524 g/mol. The number of hydrogen-bond acceptors (Lipinski definition) is 5. The second kappa shape index (κ2) is 11.2. The number of nitrogens with one attached hydrogen (secondary N) is 1. The zero-order valence-electron chi connectivity index (χ0n) is 20.7. The Balaban J connectivity index is 1.12. The number of carbonyl (C=O) groups excluding carboxylic acids is 1. The number of halogens is 3. The maximum Gasteiger partial charge on any atom is 0.416 e. The molecule has 2 aromatic heterocycles. The highest BCUT2D eigenvalue weighted by Gasteiger charge is 2.30. The maximum absolute atomic E-state index is 13.0. The van der Waals surface area contributed by atoms with Crippen LogP contribution in [-0.2, 0) is 24.1 Å². The van der Waals surface area contributed by atoms with Gasteiger partial charge in [0.25, 0.3) is 0 Å². The molecular formula is C28H28F3N5O2. The minimum absolute atomic E-state index is 0.106. The number of rotatable bonds is 8. The number of aromatic nitrogens is 2. The highest BCUT2D eigenvalue weighted by atomic mass is 19.4. The van der Waals surface area contributed by atoms with Crippen molar-refractivity contribution in [2.45, 2.75) is 19.3 Å². The van der Waals surface area contributed by atoms with E-state index in [9.17, 15) is 18.0 Å². The van der Waals surface area contributed by atoms with Crippen LogP contribution in [0.4, 0.5) is 13.2 Å². The Labute approximate surface area is 218 Å². The van der Waals surface area contributed by atoms with Gasteiger partial charge in [0.05, 0.1) is 36.3 Å². The topological polar surface area (TPSA) is 66.5 Å². The molecule has 5 rings (SSSR count). The van der Waals surface area contributed by atoms with E-state index in [1.165, 1.54) is 12.1 Å². The number of furan rings is 1. The van der Waals surface area contributed by atoms with E-state index < -0.39 is 11.7 Å². The Morgan fingerprint density at radius 3 is 2.39 bits per heavy atom. The third kappa shape index (κ3) is 6.32. The molecule has 1 saturated heterocycles. The van der Waals surface area contributed by atoms with E-state index in [2.05, 4.69) is 20.2 Å². The molecule has 3 heterocycles. The van der Waals surface area contributed by atoms with Crippen LogP contribution in [0.5, 0.6) is 0 Å². The summed E-state index contributed by atoms with van der Waals surface area (Å²) in [5.41, 5.74) is 2.39. The Morgan fingerprint density at radius 1 is 0.921 bits per heavy atom. The van der Waals surface area contributed by atoms with Crippen molar-refractivity contribution in [2.75, 3.05) is 32.7 Å². The zero-order chi connectivity index (χ0) is 26.5. The number of piperazine rings is 1. The van der Waals surface area contributed by atoms with Gasteiger partial charge in [-0.25, -0.2) is 4.68 Å². The molecule has 0 unspecified atom stereocenters. The highest BCUT2D eigenvalue weighted by molar-refractivity contribution is 5.78. The van der Waals surface area contributed by atoms with Crippen LogP contribution in [0.15, 0.2) is 83.5 Å². The van der Waals surface area contributed by atoms with Crippen LogP contribution in [0.2, 0.25) is 0 Å². The van der Waals surface area contributed by atoms with Gasteiger partial charge in [-0.15, -0.1) is 0 Å². The first kappa shape index (κ1) is 25.7. The lowest BCUT2D eigenvalue weighted by Gasteiger charge is -2.34.